The first-order valence-electron chi connectivity index (χ1n) is 4.69. The van der Waals surface area contributed by atoms with E-state index in [1.54, 1.807) is 6.07 Å². The van der Waals surface area contributed by atoms with Crippen LogP contribution < -0.4 is 0 Å². The van der Waals surface area contributed by atoms with Gasteiger partial charge in [-0.3, -0.25) is 0 Å². The molecule has 0 atom stereocenters. The lowest BCUT2D eigenvalue weighted by Gasteiger charge is -2.04. The molecule has 15 heavy (non-hydrogen) atoms. The summed E-state index contributed by atoms with van der Waals surface area (Å²) in [6.45, 7) is 1.94. The summed E-state index contributed by atoms with van der Waals surface area (Å²) in [6, 6.07) is 12.2. The number of hydrogen-bond donors (Lipinski definition) is 0. The molecule has 0 spiro atoms. The van der Waals surface area contributed by atoms with Crippen molar-refractivity contribution in [1.29, 1.82) is 0 Å². The minimum atomic E-state index is -0.232. The minimum Gasteiger partial charge on any atom is -0.207 e. The maximum absolute atomic E-state index is 13.0. The smallest absolute Gasteiger partial charge is 0.123 e. The van der Waals surface area contributed by atoms with Crippen LogP contribution in [0.25, 0.3) is 11.1 Å². The highest BCUT2D eigenvalue weighted by Gasteiger charge is 2.01. The lowest BCUT2D eigenvalue weighted by molar-refractivity contribution is 0.628. The fourth-order valence-corrected chi connectivity index (χ4v) is 1.62. The van der Waals surface area contributed by atoms with E-state index in [4.69, 9.17) is 11.6 Å². The second-order valence-corrected chi connectivity index (χ2v) is 3.88. The molecule has 2 rings (SSSR count). The van der Waals surface area contributed by atoms with Crippen molar-refractivity contribution in [3.05, 3.63) is 58.9 Å². The third kappa shape index (κ3) is 2.18. The van der Waals surface area contributed by atoms with Crippen LogP contribution in [-0.4, -0.2) is 0 Å². The Kier molecular flexibility index (Phi) is 2.74. The Morgan fingerprint density at radius 3 is 2.40 bits per heavy atom. The van der Waals surface area contributed by atoms with E-state index in [1.165, 1.54) is 12.1 Å². The van der Waals surface area contributed by atoms with Crippen LogP contribution >= 0.6 is 11.6 Å². The molecule has 0 amide bonds. The molecule has 76 valence electrons. The molecule has 0 saturated heterocycles. The van der Waals surface area contributed by atoms with Gasteiger partial charge in [-0.05, 0) is 41.8 Å². The van der Waals surface area contributed by atoms with Gasteiger partial charge in [0.25, 0.3) is 0 Å². The molecular weight excluding hydrogens is 211 g/mol. The van der Waals surface area contributed by atoms with Gasteiger partial charge in [0.2, 0.25) is 0 Å². The van der Waals surface area contributed by atoms with E-state index in [0.29, 0.717) is 5.02 Å². The Balaban J connectivity index is 2.50. The Labute approximate surface area is 93.3 Å². The van der Waals surface area contributed by atoms with Crippen LogP contribution in [0.4, 0.5) is 4.39 Å². The quantitative estimate of drug-likeness (QED) is 0.666. The van der Waals surface area contributed by atoms with Gasteiger partial charge in [-0.1, -0.05) is 35.9 Å². The number of aryl methyl sites for hydroxylation is 1. The number of rotatable bonds is 1. The first-order chi connectivity index (χ1) is 7.16. The molecule has 0 radical (unpaired) electrons. The molecule has 0 heterocycles. The molecule has 0 aliphatic heterocycles. The predicted octanol–water partition coefficient (Wildman–Crippen LogP) is 4.45. The van der Waals surface area contributed by atoms with Crippen LogP contribution in [0.3, 0.4) is 0 Å². The zero-order valence-electron chi connectivity index (χ0n) is 8.30. The van der Waals surface area contributed by atoms with E-state index in [0.717, 1.165) is 16.7 Å². The average Bonchev–Trinajstić information content (AvgIpc) is 2.22. The van der Waals surface area contributed by atoms with E-state index in [-0.39, 0.29) is 5.82 Å². The van der Waals surface area contributed by atoms with Gasteiger partial charge in [-0.2, -0.15) is 0 Å². The fourth-order valence-electron chi connectivity index (χ4n) is 1.44. The summed E-state index contributed by atoms with van der Waals surface area (Å²) in [5.41, 5.74) is 2.80. The number of halogens is 2. The van der Waals surface area contributed by atoms with Crippen LogP contribution in [0, 0.1) is 12.7 Å². The molecule has 0 aromatic heterocycles. The zero-order valence-corrected chi connectivity index (χ0v) is 9.05. The Morgan fingerprint density at radius 2 is 1.73 bits per heavy atom. The van der Waals surface area contributed by atoms with Gasteiger partial charge in [0.15, 0.2) is 0 Å². The zero-order chi connectivity index (χ0) is 10.8. The Bertz CT molecular complexity index is 492. The molecular formula is C13H10ClF. The van der Waals surface area contributed by atoms with Gasteiger partial charge in [-0.15, -0.1) is 0 Å². The Morgan fingerprint density at radius 1 is 1.00 bits per heavy atom. The van der Waals surface area contributed by atoms with Crippen LogP contribution in [-0.2, 0) is 0 Å². The molecule has 2 heteroatoms. The van der Waals surface area contributed by atoms with Crippen molar-refractivity contribution >= 4 is 11.6 Å². The normalized spacial score (nSPS) is 10.3. The summed E-state index contributed by atoms with van der Waals surface area (Å²) in [6.07, 6.45) is 0. The van der Waals surface area contributed by atoms with Gasteiger partial charge in [0, 0.05) is 5.02 Å². The maximum Gasteiger partial charge on any atom is 0.123 e. The molecule has 0 nitrogen and oxygen atoms in total. The predicted molar refractivity (Wildman–Crippen MR) is 61.6 cm³/mol. The highest BCUT2D eigenvalue weighted by Crippen LogP contribution is 2.25. The Hall–Kier alpha value is -1.34. The van der Waals surface area contributed by atoms with Crippen molar-refractivity contribution in [2.45, 2.75) is 6.92 Å². The van der Waals surface area contributed by atoms with Crippen LogP contribution in [0.1, 0.15) is 5.56 Å². The van der Waals surface area contributed by atoms with Crippen LogP contribution in [0.2, 0.25) is 5.02 Å². The lowest BCUT2D eigenvalue weighted by atomic mass is 10.0. The third-order valence-electron chi connectivity index (χ3n) is 2.33. The van der Waals surface area contributed by atoms with E-state index < -0.39 is 0 Å². The highest BCUT2D eigenvalue weighted by molar-refractivity contribution is 6.31. The summed E-state index contributed by atoms with van der Waals surface area (Å²) < 4.78 is 13.0. The van der Waals surface area contributed by atoms with Crippen molar-refractivity contribution in [2.75, 3.05) is 0 Å². The molecule has 2 aromatic rings. The SMILES string of the molecule is Cc1ccc(-c2cccc(F)c2)cc1Cl. The third-order valence-corrected chi connectivity index (χ3v) is 2.74. The topological polar surface area (TPSA) is 0 Å². The van der Waals surface area contributed by atoms with Gasteiger partial charge >= 0.3 is 0 Å². The highest BCUT2D eigenvalue weighted by atomic mass is 35.5. The molecule has 0 aliphatic rings. The van der Waals surface area contributed by atoms with E-state index in [1.807, 2.05) is 31.2 Å². The number of hydrogen-bond acceptors (Lipinski definition) is 0. The second-order valence-electron chi connectivity index (χ2n) is 3.47. The minimum absolute atomic E-state index is 0.232. The van der Waals surface area contributed by atoms with Crippen molar-refractivity contribution < 1.29 is 4.39 Å². The summed E-state index contributed by atoms with van der Waals surface area (Å²) >= 11 is 6.01. The first kappa shape index (κ1) is 10.2. The van der Waals surface area contributed by atoms with E-state index in [9.17, 15) is 4.39 Å². The lowest BCUT2D eigenvalue weighted by Crippen LogP contribution is -1.81. The maximum atomic E-state index is 13.0. The monoisotopic (exact) mass is 220 g/mol. The molecule has 0 N–H and O–H groups in total. The van der Waals surface area contributed by atoms with Crippen molar-refractivity contribution in [3.8, 4) is 11.1 Å². The number of benzene rings is 2. The second kappa shape index (κ2) is 4.03. The van der Waals surface area contributed by atoms with E-state index in [2.05, 4.69) is 0 Å². The molecule has 0 fully saturated rings. The van der Waals surface area contributed by atoms with Crippen molar-refractivity contribution in [1.82, 2.24) is 0 Å². The summed E-state index contributed by atoms with van der Waals surface area (Å²) in [4.78, 5) is 0. The van der Waals surface area contributed by atoms with Gasteiger partial charge in [-0.25, -0.2) is 4.39 Å². The molecule has 0 aliphatic carbocycles. The van der Waals surface area contributed by atoms with Gasteiger partial charge < -0.3 is 0 Å². The van der Waals surface area contributed by atoms with Crippen LogP contribution in [0.15, 0.2) is 42.5 Å². The summed E-state index contributed by atoms with van der Waals surface area (Å²) in [7, 11) is 0. The molecule has 0 bridgehead atoms. The van der Waals surface area contributed by atoms with Gasteiger partial charge in [0.05, 0.1) is 0 Å². The van der Waals surface area contributed by atoms with Crippen molar-refractivity contribution in [2.24, 2.45) is 0 Å². The average molecular weight is 221 g/mol. The fraction of sp³-hybridized carbons (Fsp3) is 0.0769. The standard InChI is InChI=1S/C13H10ClF/c1-9-5-6-11(8-13(9)14)10-3-2-4-12(15)7-10/h2-8H,1H3. The van der Waals surface area contributed by atoms with Crippen molar-refractivity contribution in [3.63, 3.8) is 0 Å². The molecule has 0 unspecified atom stereocenters. The van der Waals surface area contributed by atoms with Gasteiger partial charge in [0.1, 0.15) is 5.82 Å². The summed E-state index contributed by atoms with van der Waals surface area (Å²) in [5.74, 6) is -0.232. The first-order valence-corrected chi connectivity index (χ1v) is 5.07. The summed E-state index contributed by atoms with van der Waals surface area (Å²) in [5, 5.41) is 0.705. The molecule has 0 saturated carbocycles. The van der Waals surface area contributed by atoms with E-state index >= 15 is 0 Å². The largest absolute Gasteiger partial charge is 0.207 e. The van der Waals surface area contributed by atoms with Crippen LogP contribution in [0.5, 0.6) is 0 Å². The molecule has 2 aromatic carbocycles.